The number of methoxy groups -OCH3 is 1. The summed E-state index contributed by atoms with van der Waals surface area (Å²) in [5.74, 6) is 3.59. The summed E-state index contributed by atoms with van der Waals surface area (Å²) >= 11 is 0. The maximum absolute atomic E-state index is 11.4. The number of carbonyl (C=O) groups excluding carboxylic acids is 1. The van der Waals surface area contributed by atoms with Crippen molar-refractivity contribution in [3.8, 4) is 5.75 Å². The average Bonchev–Trinajstić information content (AvgIpc) is 3.76. The predicted octanol–water partition coefficient (Wildman–Crippen LogP) is 4.37. The van der Waals surface area contributed by atoms with E-state index < -0.39 is 0 Å². The van der Waals surface area contributed by atoms with Crippen LogP contribution in [-0.4, -0.2) is 59.5 Å². The van der Waals surface area contributed by atoms with E-state index in [9.17, 15) is 4.79 Å². The Morgan fingerprint density at radius 2 is 1.92 bits per heavy atom. The number of hydrogen-bond acceptors (Lipinski definition) is 8. The number of nitrogens with one attached hydrogen (secondary N) is 3. The van der Waals surface area contributed by atoms with E-state index in [2.05, 4.69) is 35.7 Å². The zero-order valence-corrected chi connectivity index (χ0v) is 20.8. The summed E-state index contributed by atoms with van der Waals surface area (Å²) in [6, 6.07) is 17.3. The number of aromatic nitrogens is 4. The lowest BCUT2D eigenvalue weighted by Gasteiger charge is -2.20. The zero-order valence-electron chi connectivity index (χ0n) is 20.8. The molecule has 6 rings (SSSR count). The van der Waals surface area contributed by atoms with E-state index in [0.717, 1.165) is 85.4 Å². The lowest BCUT2D eigenvalue weighted by molar-refractivity contribution is -0.117. The van der Waals surface area contributed by atoms with E-state index >= 15 is 0 Å². The van der Waals surface area contributed by atoms with Gasteiger partial charge in [-0.2, -0.15) is 5.10 Å². The van der Waals surface area contributed by atoms with Crippen LogP contribution < -0.4 is 20.3 Å². The van der Waals surface area contributed by atoms with Crippen molar-refractivity contribution in [3.63, 3.8) is 0 Å². The maximum atomic E-state index is 11.4. The van der Waals surface area contributed by atoms with Crippen LogP contribution in [0.4, 0.5) is 23.1 Å². The number of aromatic amines is 1. The molecular weight excluding hydrogens is 470 g/mol. The van der Waals surface area contributed by atoms with Gasteiger partial charge in [0.05, 0.1) is 19.2 Å². The molecule has 2 aromatic carbocycles. The number of carbonyl (C=O) groups is 1. The van der Waals surface area contributed by atoms with Crippen molar-refractivity contribution in [1.29, 1.82) is 0 Å². The molecule has 10 nitrogen and oxygen atoms in total. The van der Waals surface area contributed by atoms with E-state index in [-0.39, 0.29) is 11.8 Å². The van der Waals surface area contributed by atoms with Gasteiger partial charge in [0.1, 0.15) is 23.7 Å². The summed E-state index contributed by atoms with van der Waals surface area (Å²) in [4.78, 5) is 22.3. The second-order valence-corrected chi connectivity index (χ2v) is 8.95. The zero-order chi connectivity index (χ0) is 25.5. The fourth-order valence-corrected chi connectivity index (χ4v) is 4.01. The molecule has 37 heavy (non-hydrogen) atoms. The molecule has 10 heteroatoms. The number of ether oxygens (including phenoxy) is 2. The molecule has 0 atom stereocenters. The topological polar surface area (TPSA) is 117 Å². The molecule has 3 heterocycles. The molecule has 1 aliphatic carbocycles. The third kappa shape index (κ3) is 6.53. The first-order valence-electron chi connectivity index (χ1n) is 12.5. The van der Waals surface area contributed by atoms with E-state index in [1.54, 1.807) is 13.4 Å². The van der Waals surface area contributed by atoms with Gasteiger partial charge in [-0.3, -0.25) is 9.89 Å². The molecule has 2 aromatic heterocycles. The largest absolute Gasteiger partial charge is 0.497 e. The maximum Gasteiger partial charge on any atom is 0.227 e. The number of fused-ring (bicyclic) bond motifs is 1. The smallest absolute Gasteiger partial charge is 0.227 e. The van der Waals surface area contributed by atoms with Crippen LogP contribution in [0.25, 0.3) is 10.9 Å². The normalized spacial score (nSPS) is 15.3. The van der Waals surface area contributed by atoms with Gasteiger partial charge in [0.15, 0.2) is 5.82 Å². The van der Waals surface area contributed by atoms with Crippen LogP contribution >= 0.6 is 0 Å². The first-order valence-corrected chi connectivity index (χ1v) is 12.5. The minimum Gasteiger partial charge on any atom is -0.497 e. The van der Waals surface area contributed by atoms with Crippen molar-refractivity contribution < 1.29 is 14.3 Å². The molecule has 192 valence electrons. The molecule has 2 fully saturated rings. The first-order chi connectivity index (χ1) is 18.2. The SMILES string of the molecule is COc1ccc(NC(=O)C2CC2)cc1.c1ccc2c(Nc3cc(N4CCCOCC4)ncn3)n[nH]c2c1. The van der Waals surface area contributed by atoms with E-state index in [1.807, 2.05) is 54.6 Å². The number of rotatable bonds is 6. The van der Waals surface area contributed by atoms with Crippen molar-refractivity contribution in [3.05, 3.63) is 60.9 Å². The summed E-state index contributed by atoms with van der Waals surface area (Å²) in [6.07, 6.45) is 4.65. The van der Waals surface area contributed by atoms with Crippen LogP contribution in [0.5, 0.6) is 5.75 Å². The van der Waals surface area contributed by atoms with Crippen molar-refractivity contribution in [1.82, 2.24) is 20.2 Å². The number of nitrogens with zero attached hydrogens (tertiary/aromatic N) is 4. The number of para-hydroxylation sites is 1. The second-order valence-electron chi connectivity index (χ2n) is 8.95. The minimum absolute atomic E-state index is 0.134. The molecule has 0 radical (unpaired) electrons. The van der Waals surface area contributed by atoms with Crippen LogP contribution in [0.15, 0.2) is 60.9 Å². The summed E-state index contributed by atoms with van der Waals surface area (Å²) in [7, 11) is 1.62. The fraction of sp³-hybridized carbons (Fsp3) is 0.333. The first kappa shape index (κ1) is 24.5. The standard InChI is InChI=1S/C16H18N6O.C11H13NO2/c1-2-5-13-12(4-1)16(21-20-13)19-14-10-15(18-11-17-14)22-6-3-8-23-9-7-22;1-14-10-6-4-9(5-7-10)12-11(13)8-2-3-8/h1-2,4-5,10-11H,3,6-9H2,(H2,17,18,19,20,21);4-8H,2-3H2,1H3,(H,12,13). The molecule has 1 saturated carbocycles. The summed E-state index contributed by atoms with van der Waals surface area (Å²) < 4.78 is 10.5. The Bertz CT molecular complexity index is 1310. The van der Waals surface area contributed by atoms with Crippen LogP contribution in [0.3, 0.4) is 0 Å². The fourth-order valence-electron chi connectivity index (χ4n) is 4.01. The van der Waals surface area contributed by atoms with Crippen molar-refractivity contribution in [2.24, 2.45) is 5.92 Å². The van der Waals surface area contributed by atoms with Gasteiger partial charge in [-0.15, -0.1) is 0 Å². The van der Waals surface area contributed by atoms with Gasteiger partial charge in [0, 0.05) is 42.8 Å². The highest BCUT2D eigenvalue weighted by molar-refractivity contribution is 5.94. The Balaban J connectivity index is 0.000000171. The number of anilines is 4. The van der Waals surface area contributed by atoms with Crippen molar-refractivity contribution in [2.75, 3.05) is 48.9 Å². The van der Waals surface area contributed by atoms with Crippen LogP contribution in [0.2, 0.25) is 0 Å². The Labute approximate surface area is 215 Å². The Morgan fingerprint density at radius 1 is 1.08 bits per heavy atom. The van der Waals surface area contributed by atoms with Gasteiger partial charge >= 0.3 is 0 Å². The van der Waals surface area contributed by atoms with E-state index in [0.29, 0.717) is 0 Å². The van der Waals surface area contributed by atoms with Crippen molar-refractivity contribution >= 4 is 40.0 Å². The molecule has 1 aliphatic heterocycles. The molecule has 2 aliphatic rings. The van der Waals surface area contributed by atoms with Gasteiger partial charge in [-0.1, -0.05) is 12.1 Å². The monoisotopic (exact) mass is 501 g/mol. The molecule has 1 saturated heterocycles. The number of amides is 1. The highest BCUT2D eigenvalue weighted by Gasteiger charge is 2.29. The summed E-state index contributed by atoms with van der Waals surface area (Å²) in [5, 5.41) is 14.5. The summed E-state index contributed by atoms with van der Waals surface area (Å²) in [5.41, 5.74) is 1.83. The number of H-pyrrole nitrogens is 1. The van der Waals surface area contributed by atoms with Crippen molar-refractivity contribution in [2.45, 2.75) is 19.3 Å². The van der Waals surface area contributed by atoms with Crippen LogP contribution in [-0.2, 0) is 9.53 Å². The molecule has 3 N–H and O–H groups in total. The van der Waals surface area contributed by atoms with E-state index in [1.165, 1.54) is 0 Å². The minimum atomic E-state index is 0.134. The highest BCUT2D eigenvalue weighted by Crippen LogP contribution is 2.30. The Hall–Kier alpha value is -4.18. The highest BCUT2D eigenvalue weighted by atomic mass is 16.5. The quantitative estimate of drug-likeness (QED) is 0.357. The third-order valence-electron chi connectivity index (χ3n) is 6.22. The van der Waals surface area contributed by atoms with Gasteiger partial charge in [0.25, 0.3) is 0 Å². The number of benzene rings is 2. The lowest BCUT2D eigenvalue weighted by atomic mass is 10.2. The molecule has 1 amide bonds. The number of hydrogen-bond donors (Lipinski definition) is 3. The lowest BCUT2D eigenvalue weighted by Crippen LogP contribution is -2.26. The van der Waals surface area contributed by atoms with Gasteiger partial charge in [0.2, 0.25) is 5.91 Å². The Kier molecular flexibility index (Phi) is 7.75. The van der Waals surface area contributed by atoms with Crippen LogP contribution in [0, 0.1) is 5.92 Å². The van der Waals surface area contributed by atoms with Crippen LogP contribution in [0.1, 0.15) is 19.3 Å². The second kappa shape index (κ2) is 11.7. The predicted molar refractivity (Wildman–Crippen MR) is 143 cm³/mol. The molecule has 0 unspecified atom stereocenters. The summed E-state index contributed by atoms with van der Waals surface area (Å²) in [6.45, 7) is 3.34. The molecule has 0 bridgehead atoms. The van der Waals surface area contributed by atoms with Gasteiger partial charge < -0.3 is 25.0 Å². The molecule has 4 aromatic rings. The average molecular weight is 502 g/mol. The third-order valence-corrected chi connectivity index (χ3v) is 6.22. The van der Waals surface area contributed by atoms with Gasteiger partial charge in [-0.25, -0.2) is 9.97 Å². The molecule has 0 spiro atoms. The van der Waals surface area contributed by atoms with Gasteiger partial charge in [-0.05, 0) is 55.7 Å². The van der Waals surface area contributed by atoms with E-state index in [4.69, 9.17) is 9.47 Å². The Morgan fingerprint density at radius 3 is 2.73 bits per heavy atom. The molecular formula is C27H31N7O3.